The fraction of sp³-hybridized carbons (Fsp3) is 0.133. The number of amides is 1. The number of nitrogens with two attached hydrogens (primary N) is 1. The Morgan fingerprint density at radius 2 is 2.16 bits per heavy atom. The molecule has 25 heavy (non-hydrogen) atoms. The number of hydrogen-bond donors (Lipinski definition) is 2. The van der Waals surface area contributed by atoms with Gasteiger partial charge in [0.1, 0.15) is 11.4 Å². The molecule has 0 bridgehead atoms. The number of ether oxygens (including phenoxy) is 1. The van der Waals surface area contributed by atoms with Crippen molar-refractivity contribution in [1.29, 1.82) is 0 Å². The van der Waals surface area contributed by atoms with Gasteiger partial charge in [-0.25, -0.2) is 14.8 Å². The third kappa shape index (κ3) is 3.48. The SMILES string of the molecule is CCOC(=O)c1cnn(-c2ccc(C(=O)Nc3nccs3)cn2)c1N. The van der Waals surface area contributed by atoms with E-state index in [1.165, 1.54) is 28.4 Å². The largest absolute Gasteiger partial charge is 0.462 e. The first-order chi connectivity index (χ1) is 12.1. The van der Waals surface area contributed by atoms with Crippen molar-refractivity contribution in [2.75, 3.05) is 17.7 Å². The van der Waals surface area contributed by atoms with Crippen LogP contribution in [0.25, 0.3) is 5.82 Å². The molecule has 10 heteroatoms. The molecule has 0 aliphatic heterocycles. The standard InChI is InChI=1S/C15H14N6O3S/c1-2-24-14(23)10-8-19-21(12(10)16)11-4-3-9(7-18-11)13(22)20-15-17-5-6-25-15/h3-8H,2,16H2,1H3,(H,17,20,22). The number of pyridine rings is 1. The van der Waals surface area contributed by atoms with Crippen LogP contribution in [0, 0.1) is 0 Å². The van der Waals surface area contributed by atoms with Gasteiger partial charge in [-0.3, -0.25) is 10.1 Å². The Morgan fingerprint density at radius 3 is 2.80 bits per heavy atom. The van der Waals surface area contributed by atoms with Gasteiger partial charge < -0.3 is 10.5 Å². The third-order valence-electron chi connectivity index (χ3n) is 3.18. The van der Waals surface area contributed by atoms with E-state index in [1.807, 2.05) is 0 Å². The van der Waals surface area contributed by atoms with Gasteiger partial charge in [-0.2, -0.15) is 9.78 Å². The third-order valence-corrected chi connectivity index (χ3v) is 3.87. The second-order valence-corrected chi connectivity index (χ2v) is 5.67. The monoisotopic (exact) mass is 358 g/mol. The van der Waals surface area contributed by atoms with Crippen molar-refractivity contribution < 1.29 is 14.3 Å². The Bertz CT molecular complexity index is 889. The van der Waals surface area contributed by atoms with E-state index < -0.39 is 5.97 Å². The molecule has 3 heterocycles. The summed E-state index contributed by atoms with van der Waals surface area (Å²) in [5.74, 6) is -0.384. The van der Waals surface area contributed by atoms with Gasteiger partial charge in [0.05, 0.1) is 18.4 Å². The number of anilines is 2. The lowest BCUT2D eigenvalue weighted by Crippen LogP contribution is -2.13. The van der Waals surface area contributed by atoms with Gasteiger partial charge in [0.25, 0.3) is 5.91 Å². The van der Waals surface area contributed by atoms with E-state index >= 15 is 0 Å². The molecule has 1 amide bonds. The summed E-state index contributed by atoms with van der Waals surface area (Å²) in [6.45, 7) is 1.94. The Kier molecular flexibility index (Phi) is 4.70. The van der Waals surface area contributed by atoms with Gasteiger partial charge >= 0.3 is 5.97 Å². The first-order valence-electron chi connectivity index (χ1n) is 7.28. The van der Waals surface area contributed by atoms with Gasteiger partial charge in [0.15, 0.2) is 10.9 Å². The van der Waals surface area contributed by atoms with Crippen LogP contribution in [0.1, 0.15) is 27.6 Å². The number of rotatable bonds is 5. The van der Waals surface area contributed by atoms with Crippen LogP contribution in [0.3, 0.4) is 0 Å². The van der Waals surface area contributed by atoms with Crippen LogP contribution < -0.4 is 11.1 Å². The zero-order chi connectivity index (χ0) is 17.8. The first kappa shape index (κ1) is 16.6. The first-order valence-corrected chi connectivity index (χ1v) is 8.16. The highest BCUT2D eigenvalue weighted by Gasteiger charge is 2.18. The zero-order valence-electron chi connectivity index (χ0n) is 13.2. The molecule has 0 unspecified atom stereocenters. The summed E-state index contributed by atoms with van der Waals surface area (Å²) in [5, 5.41) is 8.97. The molecular weight excluding hydrogens is 344 g/mol. The minimum absolute atomic E-state index is 0.117. The number of nitrogens with zero attached hydrogens (tertiary/aromatic N) is 4. The molecule has 128 valence electrons. The summed E-state index contributed by atoms with van der Waals surface area (Å²) < 4.78 is 6.21. The molecule has 0 aromatic carbocycles. The van der Waals surface area contributed by atoms with Crippen molar-refractivity contribution in [1.82, 2.24) is 19.7 Å². The second-order valence-electron chi connectivity index (χ2n) is 4.77. The van der Waals surface area contributed by atoms with Crippen molar-refractivity contribution in [3.05, 3.63) is 47.2 Å². The maximum atomic E-state index is 12.1. The molecule has 3 N–H and O–H groups in total. The van der Waals surface area contributed by atoms with Gasteiger partial charge in [0.2, 0.25) is 0 Å². The number of nitrogen functional groups attached to an aromatic ring is 1. The molecule has 0 atom stereocenters. The van der Waals surface area contributed by atoms with Gasteiger partial charge in [-0.1, -0.05) is 0 Å². The second kappa shape index (κ2) is 7.09. The number of esters is 1. The maximum absolute atomic E-state index is 12.1. The Morgan fingerprint density at radius 1 is 1.32 bits per heavy atom. The van der Waals surface area contributed by atoms with E-state index in [-0.39, 0.29) is 23.9 Å². The quantitative estimate of drug-likeness (QED) is 0.665. The molecule has 3 aromatic rings. The van der Waals surface area contributed by atoms with Crippen LogP contribution in [0.2, 0.25) is 0 Å². The van der Waals surface area contributed by atoms with Crippen LogP contribution in [-0.2, 0) is 4.74 Å². The molecule has 0 aliphatic rings. The highest BCUT2D eigenvalue weighted by Crippen LogP contribution is 2.17. The predicted octanol–water partition coefficient (Wildman–Crippen LogP) is 1.73. The van der Waals surface area contributed by atoms with Crippen molar-refractivity contribution in [2.24, 2.45) is 0 Å². The van der Waals surface area contributed by atoms with E-state index in [0.717, 1.165) is 0 Å². The lowest BCUT2D eigenvalue weighted by Gasteiger charge is -2.06. The van der Waals surface area contributed by atoms with Crippen molar-refractivity contribution in [2.45, 2.75) is 6.92 Å². The van der Waals surface area contributed by atoms with Gasteiger partial charge in [-0.15, -0.1) is 11.3 Å². The molecular formula is C15H14N6O3S. The van der Waals surface area contributed by atoms with Crippen molar-refractivity contribution >= 4 is 34.2 Å². The van der Waals surface area contributed by atoms with Crippen LogP contribution in [-0.4, -0.2) is 38.2 Å². The average molecular weight is 358 g/mol. The van der Waals surface area contributed by atoms with E-state index in [9.17, 15) is 9.59 Å². The molecule has 0 fully saturated rings. The number of nitrogens with one attached hydrogen (secondary N) is 1. The topological polar surface area (TPSA) is 125 Å². The summed E-state index contributed by atoms with van der Waals surface area (Å²) in [4.78, 5) is 32.0. The fourth-order valence-corrected chi connectivity index (χ4v) is 2.53. The average Bonchev–Trinajstić information content (AvgIpc) is 3.25. The normalized spacial score (nSPS) is 10.4. The van der Waals surface area contributed by atoms with E-state index in [2.05, 4.69) is 20.4 Å². The molecule has 0 spiro atoms. The molecule has 3 aromatic heterocycles. The summed E-state index contributed by atoms with van der Waals surface area (Å²) in [7, 11) is 0. The van der Waals surface area contributed by atoms with Crippen LogP contribution in [0.4, 0.5) is 10.9 Å². The molecule has 0 radical (unpaired) electrons. The lowest BCUT2D eigenvalue weighted by atomic mass is 10.2. The number of thiazole rings is 1. The van der Waals surface area contributed by atoms with Crippen LogP contribution in [0.5, 0.6) is 0 Å². The molecule has 0 aliphatic carbocycles. The number of carbonyl (C=O) groups is 2. The molecule has 3 rings (SSSR count). The number of carbonyl (C=O) groups excluding carboxylic acids is 2. The highest BCUT2D eigenvalue weighted by molar-refractivity contribution is 7.13. The summed E-state index contributed by atoms with van der Waals surface area (Å²) in [5.41, 5.74) is 6.45. The maximum Gasteiger partial charge on any atom is 0.343 e. The molecule has 0 saturated heterocycles. The zero-order valence-corrected chi connectivity index (χ0v) is 14.0. The Hall–Kier alpha value is -3.27. The fourth-order valence-electron chi connectivity index (χ4n) is 2.01. The van der Waals surface area contributed by atoms with Crippen molar-refractivity contribution in [3.8, 4) is 5.82 Å². The van der Waals surface area contributed by atoms with Crippen LogP contribution in [0.15, 0.2) is 36.1 Å². The van der Waals surface area contributed by atoms with E-state index in [1.54, 1.807) is 30.6 Å². The molecule has 9 nitrogen and oxygen atoms in total. The van der Waals surface area contributed by atoms with Crippen LogP contribution >= 0.6 is 11.3 Å². The highest BCUT2D eigenvalue weighted by atomic mass is 32.1. The van der Waals surface area contributed by atoms with E-state index in [0.29, 0.717) is 16.5 Å². The van der Waals surface area contributed by atoms with Gasteiger partial charge in [-0.05, 0) is 19.1 Å². The Labute approximate surface area is 146 Å². The smallest absolute Gasteiger partial charge is 0.343 e. The van der Waals surface area contributed by atoms with Gasteiger partial charge in [0, 0.05) is 17.8 Å². The Balaban J connectivity index is 1.78. The van der Waals surface area contributed by atoms with Crippen molar-refractivity contribution in [3.63, 3.8) is 0 Å². The summed E-state index contributed by atoms with van der Waals surface area (Å²) in [6.07, 6.45) is 4.31. The molecule has 0 saturated carbocycles. The number of aromatic nitrogens is 4. The minimum atomic E-state index is -0.550. The summed E-state index contributed by atoms with van der Waals surface area (Å²) >= 11 is 1.32. The summed E-state index contributed by atoms with van der Waals surface area (Å²) in [6, 6.07) is 3.16. The number of hydrogen-bond acceptors (Lipinski definition) is 8. The predicted molar refractivity (Wildman–Crippen MR) is 91.8 cm³/mol. The van der Waals surface area contributed by atoms with E-state index in [4.69, 9.17) is 10.5 Å². The minimum Gasteiger partial charge on any atom is -0.462 e. The lowest BCUT2D eigenvalue weighted by molar-refractivity contribution is 0.0527.